The van der Waals surface area contributed by atoms with Gasteiger partial charge in [0.25, 0.3) is 5.91 Å². The van der Waals surface area contributed by atoms with Crippen molar-refractivity contribution in [3.8, 4) is 0 Å². The van der Waals surface area contributed by atoms with Crippen LogP contribution in [-0.2, 0) is 21.2 Å². The van der Waals surface area contributed by atoms with Crippen LogP contribution in [0.5, 0.6) is 0 Å². The Labute approximate surface area is 181 Å². The second-order valence-corrected chi connectivity index (χ2v) is 8.45. The molecule has 0 saturated carbocycles. The molecule has 0 unspecified atom stereocenters. The van der Waals surface area contributed by atoms with Gasteiger partial charge in [-0.3, -0.25) is 4.79 Å². The molecule has 3 aromatic carbocycles. The zero-order chi connectivity index (χ0) is 22.3. The highest BCUT2D eigenvalue weighted by atomic mass is 32.2. The summed E-state index contributed by atoms with van der Waals surface area (Å²) in [6, 6.07) is 21.6. The van der Waals surface area contributed by atoms with Gasteiger partial charge in [-0.1, -0.05) is 36.4 Å². The van der Waals surface area contributed by atoms with Gasteiger partial charge in [0.05, 0.1) is 17.6 Å². The standard InChI is InChI=1S/C23H22N2O5S/c1-30-23(27)19-9-5-8-18(16-19)22(26)25-20-10-12-21(13-11-20)31(28,29)24-15-14-17-6-3-2-4-7-17/h2-13,16,24H,14-15H2,1H3,(H,25,26). The van der Waals surface area contributed by atoms with Crippen LogP contribution in [0.3, 0.4) is 0 Å². The molecule has 3 rings (SSSR count). The van der Waals surface area contributed by atoms with Gasteiger partial charge in [-0.25, -0.2) is 17.9 Å². The van der Waals surface area contributed by atoms with Gasteiger partial charge in [-0.05, 0) is 54.4 Å². The highest BCUT2D eigenvalue weighted by Crippen LogP contribution is 2.16. The van der Waals surface area contributed by atoms with E-state index in [0.29, 0.717) is 12.1 Å². The quantitative estimate of drug-likeness (QED) is 0.526. The van der Waals surface area contributed by atoms with Crippen molar-refractivity contribution in [1.82, 2.24) is 4.72 Å². The molecule has 0 aromatic heterocycles. The number of ether oxygens (including phenoxy) is 1. The minimum atomic E-state index is -3.66. The molecule has 160 valence electrons. The van der Waals surface area contributed by atoms with Gasteiger partial charge in [-0.15, -0.1) is 0 Å². The van der Waals surface area contributed by atoms with Gasteiger partial charge in [0, 0.05) is 17.8 Å². The lowest BCUT2D eigenvalue weighted by atomic mass is 10.1. The van der Waals surface area contributed by atoms with Crippen LogP contribution < -0.4 is 10.0 Å². The Hall–Kier alpha value is -3.49. The number of anilines is 1. The summed E-state index contributed by atoms with van der Waals surface area (Å²) < 4.78 is 32.2. The number of amides is 1. The lowest BCUT2D eigenvalue weighted by Gasteiger charge is -2.09. The SMILES string of the molecule is COC(=O)c1cccc(C(=O)Nc2ccc(S(=O)(=O)NCCc3ccccc3)cc2)c1. The first kappa shape index (κ1) is 22.2. The summed E-state index contributed by atoms with van der Waals surface area (Å²) >= 11 is 0. The Morgan fingerprint density at radius 1 is 0.871 bits per heavy atom. The van der Waals surface area contributed by atoms with Gasteiger partial charge in [0.1, 0.15) is 0 Å². The number of benzene rings is 3. The van der Waals surface area contributed by atoms with Crippen LogP contribution in [0.1, 0.15) is 26.3 Å². The lowest BCUT2D eigenvalue weighted by Crippen LogP contribution is -2.26. The Bertz CT molecular complexity index is 1160. The summed E-state index contributed by atoms with van der Waals surface area (Å²) in [5.41, 5.74) is 2.01. The molecule has 31 heavy (non-hydrogen) atoms. The Morgan fingerprint density at radius 3 is 2.23 bits per heavy atom. The van der Waals surface area contributed by atoms with Crippen LogP contribution >= 0.6 is 0 Å². The van der Waals surface area contributed by atoms with E-state index in [2.05, 4.69) is 14.8 Å². The molecule has 1 amide bonds. The molecule has 0 radical (unpaired) electrons. The van der Waals surface area contributed by atoms with E-state index in [-0.39, 0.29) is 22.6 Å². The molecule has 0 fully saturated rings. The fourth-order valence-electron chi connectivity index (χ4n) is 2.88. The summed E-state index contributed by atoms with van der Waals surface area (Å²) in [6.45, 7) is 0.279. The van der Waals surface area contributed by atoms with E-state index in [1.807, 2.05) is 30.3 Å². The van der Waals surface area contributed by atoms with Gasteiger partial charge in [-0.2, -0.15) is 0 Å². The highest BCUT2D eigenvalue weighted by molar-refractivity contribution is 7.89. The Balaban J connectivity index is 1.61. The number of carbonyl (C=O) groups is 2. The minimum Gasteiger partial charge on any atom is -0.465 e. The normalized spacial score (nSPS) is 11.0. The number of sulfonamides is 1. The molecule has 0 heterocycles. The van der Waals surface area contributed by atoms with Crippen molar-refractivity contribution in [3.05, 3.63) is 95.6 Å². The first-order valence-corrected chi connectivity index (χ1v) is 11.0. The third kappa shape index (κ3) is 6.00. The zero-order valence-corrected chi connectivity index (χ0v) is 17.7. The highest BCUT2D eigenvalue weighted by Gasteiger charge is 2.14. The topological polar surface area (TPSA) is 102 Å². The molecule has 0 atom stereocenters. The maximum atomic E-state index is 12.5. The third-order valence-electron chi connectivity index (χ3n) is 4.52. The van der Waals surface area contributed by atoms with Crippen LogP contribution in [-0.4, -0.2) is 33.9 Å². The van der Waals surface area contributed by atoms with Crippen molar-refractivity contribution in [1.29, 1.82) is 0 Å². The van der Waals surface area contributed by atoms with E-state index in [4.69, 9.17) is 0 Å². The number of nitrogens with one attached hydrogen (secondary N) is 2. The molecule has 0 aliphatic rings. The van der Waals surface area contributed by atoms with Crippen LogP contribution in [0.4, 0.5) is 5.69 Å². The van der Waals surface area contributed by atoms with E-state index < -0.39 is 21.9 Å². The molecule has 0 aliphatic carbocycles. The van der Waals surface area contributed by atoms with Crippen molar-refractivity contribution in [2.24, 2.45) is 0 Å². The summed E-state index contributed by atoms with van der Waals surface area (Å²) in [7, 11) is -2.39. The molecule has 3 aromatic rings. The molecule has 0 aliphatic heterocycles. The molecule has 8 heteroatoms. The van der Waals surface area contributed by atoms with Crippen molar-refractivity contribution in [2.45, 2.75) is 11.3 Å². The van der Waals surface area contributed by atoms with Crippen LogP contribution in [0.2, 0.25) is 0 Å². The Morgan fingerprint density at radius 2 is 1.55 bits per heavy atom. The van der Waals surface area contributed by atoms with Crippen LogP contribution in [0, 0.1) is 0 Å². The summed E-state index contributed by atoms with van der Waals surface area (Å²) in [4.78, 5) is 24.2. The number of methoxy groups -OCH3 is 1. The fraction of sp³-hybridized carbons (Fsp3) is 0.130. The monoisotopic (exact) mass is 438 g/mol. The minimum absolute atomic E-state index is 0.103. The zero-order valence-electron chi connectivity index (χ0n) is 16.9. The third-order valence-corrected chi connectivity index (χ3v) is 5.99. The van der Waals surface area contributed by atoms with E-state index in [9.17, 15) is 18.0 Å². The van der Waals surface area contributed by atoms with Crippen LogP contribution in [0.25, 0.3) is 0 Å². The van der Waals surface area contributed by atoms with Crippen molar-refractivity contribution < 1.29 is 22.7 Å². The van der Waals surface area contributed by atoms with Gasteiger partial charge < -0.3 is 10.1 Å². The first-order valence-electron chi connectivity index (χ1n) is 9.52. The average molecular weight is 439 g/mol. The second kappa shape index (κ2) is 10.0. The molecule has 7 nitrogen and oxygen atoms in total. The number of rotatable bonds is 8. The van der Waals surface area contributed by atoms with Crippen LogP contribution in [0.15, 0.2) is 83.8 Å². The largest absolute Gasteiger partial charge is 0.465 e. The number of esters is 1. The Kier molecular flexibility index (Phi) is 7.17. The average Bonchev–Trinajstić information content (AvgIpc) is 2.79. The van der Waals surface area contributed by atoms with E-state index in [0.717, 1.165) is 5.56 Å². The lowest BCUT2D eigenvalue weighted by molar-refractivity contribution is 0.0600. The molecule has 0 bridgehead atoms. The molecule has 0 saturated heterocycles. The van der Waals surface area contributed by atoms with E-state index in [1.54, 1.807) is 18.2 Å². The smallest absolute Gasteiger partial charge is 0.337 e. The molecule has 0 spiro atoms. The van der Waals surface area contributed by atoms with Gasteiger partial charge in [0.15, 0.2) is 0 Å². The first-order chi connectivity index (χ1) is 14.9. The maximum Gasteiger partial charge on any atom is 0.337 e. The van der Waals surface area contributed by atoms with E-state index >= 15 is 0 Å². The predicted octanol–water partition coefficient (Wildman–Crippen LogP) is 3.25. The van der Waals surface area contributed by atoms with Gasteiger partial charge >= 0.3 is 5.97 Å². The molecular formula is C23H22N2O5S. The van der Waals surface area contributed by atoms with Gasteiger partial charge in [0.2, 0.25) is 10.0 Å². The van der Waals surface area contributed by atoms with Crippen molar-refractivity contribution in [2.75, 3.05) is 19.0 Å². The number of carbonyl (C=O) groups excluding carboxylic acids is 2. The number of hydrogen-bond donors (Lipinski definition) is 2. The summed E-state index contributed by atoms with van der Waals surface area (Å²) in [5, 5.41) is 2.68. The molecule has 2 N–H and O–H groups in total. The van der Waals surface area contributed by atoms with Crippen molar-refractivity contribution >= 4 is 27.6 Å². The van der Waals surface area contributed by atoms with E-state index in [1.165, 1.54) is 37.4 Å². The maximum absolute atomic E-state index is 12.5. The second-order valence-electron chi connectivity index (χ2n) is 6.68. The number of hydrogen-bond acceptors (Lipinski definition) is 5. The van der Waals surface area contributed by atoms with Crippen molar-refractivity contribution in [3.63, 3.8) is 0 Å². The molecular weight excluding hydrogens is 416 g/mol. The fourth-order valence-corrected chi connectivity index (χ4v) is 3.92. The predicted molar refractivity (Wildman–Crippen MR) is 118 cm³/mol. The summed E-state index contributed by atoms with van der Waals surface area (Å²) in [6.07, 6.45) is 0.582. The summed E-state index contributed by atoms with van der Waals surface area (Å²) in [5.74, 6) is -0.966.